The highest BCUT2D eigenvalue weighted by atomic mass is 35.5. The topological polar surface area (TPSA) is 53.5 Å². The smallest absolute Gasteiger partial charge is 0.228 e. The van der Waals surface area contributed by atoms with Crippen molar-refractivity contribution in [1.29, 1.82) is 0 Å². The van der Waals surface area contributed by atoms with E-state index in [4.69, 9.17) is 25.8 Å². The van der Waals surface area contributed by atoms with E-state index in [2.05, 4.69) is 9.97 Å². The van der Waals surface area contributed by atoms with Gasteiger partial charge in [0.1, 0.15) is 12.4 Å². The van der Waals surface area contributed by atoms with Gasteiger partial charge < -0.3 is 14.2 Å². The number of benzene rings is 1. The first-order valence-corrected chi connectivity index (χ1v) is 6.59. The van der Waals surface area contributed by atoms with Crippen LogP contribution in [0.1, 0.15) is 11.1 Å². The molecule has 1 aliphatic rings. The second-order valence-corrected chi connectivity index (χ2v) is 4.65. The lowest BCUT2D eigenvalue weighted by atomic mass is 10.2. The standard InChI is InChI=1S/C14H13ClN2O3/c1-18-10-4-2-9(3-5-10)8-20-13-11-6-7-19-12(11)16-14(15)17-13/h2-5H,6-8H2,1H3. The van der Waals surface area contributed by atoms with Crippen LogP contribution in [0.5, 0.6) is 17.5 Å². The molecule has 3 rings (SSSR count). The molecule has 0 saturated carbocycles. The van der Waals surface area contributed by atoms with Gasteiger partial charge in [-0.15, -0.1) is 0 Å². The molecule has 2 heterocycles. The van der Waals surface area contributed by atoms with Gasteiger partial charge in [-0.3, -0.25) is 0 Å². The molecule has 0 saturated heterocycles. The highest BCUT2D eigenvalue weighted by molar-refractivity contribution is 6.28. The lowest BCUT2D eigenvalue weighted by Crippen LogP contribution is -2.01. The van der Waals surface area contributed by atoms with Crippen LogP contribution in [0.15, 0.2) is 24.3 Å². The van der Waals surface area contributed by atoms with Crippen molar-refractivity contribution in [2.24, 2.45) is 0 Å². The molecule has 0 aliphatic carbocycles. The fourth-order valence-electron chi connectivity index (χ4n) is 1.99. The lowest BCUT2D eigenvalue weighted by molar-refractivity contribution is 0.289. The van der Waals surface area contributed by atoms with Gasteiger partial charge in [-0.25, -0.2) is 0 Å². The third kappa shape index (κ3) is 2.63. The van der Waals surface area contributed by atoms with E-state index in [9.17, 15) is 0 Å². The van der Waals surface area contributed by atoms with Crippen molar-refractivity contribution in [3.8, 4) is 17.5 Å². The van der Waals surface area contributed by atoms with Gasteiger partial charge in [0.05, 0.1) is 19.3 Å². The molecule has 0 spiro atoms. The third-order valence-corrected chi connectivity index (χ3v) is 3.20. The molecule has 0 bridgehead atoms. The molecule has 0 amide bonds. The molecular formula is C14H13ClN2O3. The van der Waals surface area contributed by atoms with E-state index in [1.54, 1.807) is 7.11 Å². The summed E-state index contributed by atoms with van der Waals surface area (Å²) in [4.78, 5) is 8.15. The zero-order chi connectivity index (χ0) is 13.9. The molecule has 1 aliphatic heterocycles. The highest BCUT2D eigenvalue weighted by Gasteiger charge is 2.21. The SMILES string of the molecule is COc1ccc(COc2nc(Cl)nc3c2CCO3)cc1. The number of halogens is 1. The number of hydrogen-bond acceptors (Lipinski definition) is 5. The number of rotatable bonds is 4. The minimum atomic E-state index is 0.135. The van der Waals surface area contributed by atoms with E-state index in [1.165, 1.54) is 0 Å². The third-order valence-electron chi connectivity index (χ3n) is 3.03. The molecule has 5 nitrogen and oxygen atoms in total. The van der Waals surface area contributed by atoms with Crippen LogP contribution < -0.4 is 14.2 Å². The second kappa shape index (κ2) is 5.54. The Morgan fingerprint density at radius 3 is 2.80 bits per heavy atom. The van der Waals surface area contributed by atoms with Crippen molar-refractivity contribution in [3.63, 3.8) is 0 Å². The summed E-state index contributed by atoms with van der Waals surface area (Å²) in [6.45, 7) is 0.993. The number of aromatic nitrogens is 2. The van der Waals surface area contributed by atoms with Crippen LogP contribution in [0, 0.1) is 0 Å². The Hall–Kier alpha value is -2.01. The van der Waals surface area contributed by atoms with Gasteiger partial charge in [0.25, 0.3) is 0 Å². The van der Waals surface area contributed by atoms with Crippen molar-refractivity contribution in [2.75, 3.05) is 13.7 Å². The molecule has 104 valence electrons. The van der Waals surface area contributed by atoms with E-state index in [0.29, 0.717) is 25.0 Å². The summed E-state index contributed by atoms with van der Waals surface area (Å²) >= 11 is 5.85. The molecule has 2 aromatic rings. The van der Waals surface area contributed by atoms with E-state index < -0.39 is 0 Å². The first-order chi connectivity index (χ1) is 9.76. The minimum Gasteiger partial charge on any atom is -0.497 e. The van der Waals surface area contributed by atoms with E-state index in [0.717, 1.165) is 23.3 Å². The molecule has 0 unspecified atom stereocenters. The van der Waals surface area contributed by atoms with Crippen LogP contribution >= 0.6 is 11.6 Å². The molecule has 1 aromatic heterocycles. The van der Waals surface area contributed by atoms with Crippen molar-refractivity contribution < 1.29 is 14.2 Å². The van der Waals surface area contributed by atoms with Crippen LogP contribution in [0.2, 0.25) is 5.28 Å². The Kier molecular flexibility index (Phi) is 3.60. The maximum absolute atomic E-state index is 5.85. The quantitative estimate of drug-likeness (QED) is 0.811. The molecular weight excluding hydrogens is 280 g/mol. The maximum atomic E-state index is 5.85. The van der Waals surface area contributed by atoms with Crippen molar-refractivity contribution in [2.45, 2.75) is 13.0 Å². The summed E-state index contributed by atoms with van der Waals surface area (Å²) in [7, 11) is 1.64. The molecule has 0 fully saturated rings. The van der Waals surface area contributed by atoms with Crippen LogP contribution in [-0.2, 0) is 13.0 Å². The van der Waals surface area contributed by atoms with Crippen molar-refractivity contribution >= 4 is 11.6 Å². The fraction of sp³-hybridized carbons (Fsp3) is 0.286. The summed E-state index contributed by atoms with van der Waals surface area (Å²) in [5, 5.41) is 0.135. The second-order valence-electron chi connectivity index (χ2n) is 4.32. The fourth-order valence-corrected chi connectivity index (χ4v) is 2.15. The van der Waals surface area contributed by atoms with Crippen LogP contribution in [0.25, 0.3) is 0 Å². The van der Waals surface area contributed by atoms with Gasteiger partial charge in [-0.05, 0) is 29.3 Å². The molecule has 0 radical (unpaired) electrons. The monoisotopic (exact) mass is 292 g/mol. The predicted molar refractivity (Wildman–Crippen MR) is 73.6 cm³/mol. The molecule has 6 heteroatoms. The van der Waals surface area contributed by atoms with Gasteiger partial charge in [-0.1, -0.05) is 12.1 Å². The highest BCUT2D eigenvalue weighted by Crippen LogP contribution is 2.31. The minimum absolute atomic E-state index is 0.135. The zero-order valence-corrected chi connectivity index (χ0v) is 11.7. The number of nitrogens with zero attached hydrogens (tertiary/aromatic N) is 2. The predicted octanol–water partition coefficient (Wildman–Crippen LogP) is 2.65. The Morgan fingerprint density at radius 2 is 2.05 bits per heavy atom. The first-order valence-electron chi connectivity index (χ1n) is 6.21. The van der Waals surface area contributed by atoms with Gasteiger partial charge in [-0.2, -0.15) is 9.97 Å². The zero-order valence-electron chi connectivity index (χ0n) is 10.9. The molecule has 1 aromatic carbocycles. The summed E-state index contributed by atoms with van der Waals surface area (Å²) in [6, 6.07) is 7.66. The average Bonchev–Trinajstić information content (AvgIpc) is 2.93. The number of fused-ring (bicyclic) bond motifs is 1. The Bertz CT molecular complexity index is 617. The molecule has 0 atom stereocenters. The van der Waals surface area contributed by atoms with Crippen LogP contribution in [0.4, 0.5) is 0 Å². The largest absolute Gasteiger partial charge is 0.497 e. The molecule has 0 N–H and O–H groups in total. The van der Waals surface area contributed by atoms with Gasteiger partial charge in [0.2, 0.25) is 17.0 Å². The Balaban J connectivity index is 1.75. The Morgan fingerprint density at radius 1 is 1.25 bits per heavy atom. The number of methoxy groups -OCH3 is 1. The summed E-state index contributed by atoms with van der Waals surface area (Å²) in [6.07, 6.45) is 0.741. The van der Waals surface area contributed by atoms with Gasteiger partial charge >= 0.3 is 0 Å². The lowest BCUT2D eigenvalue weighted by Gasteiger charge is -2.09. The first kappa shape index (κ1) is 13.0. The number of hydrogen-bond donors (Lipinski definition) is 0. The van der Waals surface area contributed by atoms with Crippen molar-refractivity contribution in [3.05, 3.63) is 40.7 Å². The normalized spacial score (nSPS) is 12.7. The summed E-state index contributed by atoms with van der Waals surface area (Å²) in [5.41, 5.74) is 1.90. The summed E-state index contributed by atoms with van der Waals surface area (Å²) in [5.74, 6) is 1.83. The molecule has 20 heavy (non-hydrogen) atoms. The van der Waals surface area contributed by atoms with Crippen LogP contribution in [0.3, 0.4) is 0 Å². The van der Waals surface area contributed by atoms with Crippen molar-refractivity contribution in [1.82, 2.24) is 9.97 Å². The Labute approximate surface area is 121 Å². The van der Waals surface area contributed by atoms with E-state index in [-0.39, 0.29) is 5.28 Å². The average molecular weight is 293 g/mol. The summed E-state index contributed by atoms with van der Waals surface area (Å²) < 4.78 is 16.2. The maximum Gasteiger partial charge on any atom is 0.228 e. The van der Waals surface area contributed by atoms with Crippen LogP contribution in [-0.4, -0.2) is 23.7 Å². The van der Waals surface area contributed by atoms with E-state index in [1.807, 2.05) is 24.3 Å². The van der Waals surface area contributed by atoms with E-state index >= 15 is 0 Å². The van der Waals surface area contributed by atoms with Gasteiger partial charge in [0, 0.05) is 6.42 Å². The van der Waals surface area contributed by atoms with Gasteiger partial charge in [0.15, 0.2) is 0 Å². The number of ether oxygens (including phenoxy) is 3.